The first-order chi connectivity index (χ1) is 28.1. The first-order valence-corrected chi connectivity index (χ1v) is 26.1. The fourth-order valence-electron chi connectivity index (χ4n) is 19.2. The SMILES string of the molecule is CN1C2NC3NC(NC4NC(NC5NC(NC1C1CC6CCCCC6CC12)C1CC2CCCCC2CC51)C1CC2CCCCC2CC41)C1CC2CCCCC2CC31. The molecule has 8 heteroatoms. The molecule has 0 radical (unpaired) electrons. The van der Waals surface area contributed by atoms with Crippen LogP contribution in [0.4, 0.5) is 0 Å². The van der Waals surface area contributed by atoms with E-state index in [0.717, 1.165) is 94.7 Å². The van der Waals surface area contributed by atoms with Gasteiger partial charge in [-0.15, -0.1) is 0 Å². The van der Waals surface area contributed by atoms with Crippen molar-refractivity contribution in [3.63, 3.8) is 0 Å². The van der Waals surface area contributed by atoms with Crippen LogP contribution in [0.1, 0.15) is 154 Å². The van der Waals surface area contributed by atoms with E-state index in [1.54, 1.807) is 0 Å². The zero-order valence-corrected chi connectivity index (χ0v) is 35.8. The summed E-state index contributed by atoms with van der Waals surface area (Å²) >= 11 is 0. The number of nitrogens with one attached hydrogen (secondary N) is 7. The Hall–Kier alpha value is -0.320. The third kappa shape index (κ3) is 6.29. The molecule has 5 saturated heterocycles. The molecule has 24 atom stereocenters. The van der Waals surface area contributed by atoms with Gasteiger partial charge in [0.1, 0.15) is 0 Å². The Bertz CT molecular complexity index is 1360. The van der Waals surface area contributed by atoms with Gasteiger partial charge in [-0.3, -0.25) is 42.1 Å². The van der Waals surface area contributed by atoms with Crippen LogP contribution in [0.25, 0.3) is 0 Å². The Morgan fingerprint density at radius 3 is 0.684 bits per heavy atom. The molecule has 0 aromatic heterocycles. The molecule has 0 amide bonds. The third-order valence-corrected chi connectivity index (χ3v) is 21.8. The Labute approximate surface area is 346 Å². The van der Waals surface area contributed by atoms with Gasteiger partial charge in [0, 0.05) is 0 Å². The molecule has 8 saturated carbocycles. The predicted molar refractivity (Wildman–Crippen MR) is 227 cm³/mol. The van der Waals surface area contributed by atoms with Gasteiger partial charge < -0.3 is 0 Å². The molecule has 8 bridgehead atoms. The fourth-order valence-corrected chi connectivity index (χ4v) is 19.2. The molecule has 13 fully saturated rings. The fraction of sp³-hybridized carbons (Fsp3) is 1.00. The zero-order chi connectivity index (χ0) is 37.4. The lowest BCUT2D eigenvalue weighted by atomic mass is 9.62. The Morgan fingerprint density at radius 2 is 0.456 bits per heavy atom. The minimum absolute atomic E-state index is 0.411. The summed E-state index contributed by atoms with van der Waals surface area (Å²) in [5, 5.41) is 31.7. The monoisotopic (exact) mass is 783 g/mol. The Morgan fingerprint density at radius 1 is 0.263 bits per heavy atom. The van der Waals surface area contributed by atoms with Crippen LogP contribution in [0.15, 0.2) is 0 Å². The maximum Gasteiger partial charge on any atom is 0.0652 e. The molecule has 13 aliphatic rings. The van der Waals surface area contributed by atoms with E-state index in [0.29, 0.717) is 49.3 Å². The lowest BCUT2D eigenvalue weighted by Gasteiger charge is -2.46. The van der Waals surface area contributed by atoms with Crippen LogP contribution in [-0.4, -0.2) is 61.3 Å². The van der Waals surface area contributed by atoms with E-state index in [2.05, 4.69) is 49.2 Å². The minimum atomic E-state index is 0.411. The molecule has 7 N–H and O–H groups in total. The van der Waals surface area contributed by atoms with E-state index in [4.69, 9.17) is 0 Å². The standard InChI is InChI=1S/C49H82N8/c1-57-48-40-24-32-16-8-9-17-33(32)25-41(40)49(57)56-47-39-23-31-15-7-5-13-29(31)21-37(39)45(54-47)52-43-35-19-27-11-3-2-10-26(27)18-34(35)42(50-43)51-44-36-20-28-12-4-6-14-30(28)22-38(36)46(53-44)55-48/h26-56H,2-25H2,1H3. The van der Waals surface area contributed by atoms with Crippen molar-refractivity contribution >= 4 is 0 Å². The second-order valence-corrected chi connectivity index (χ2v) is 24.0. The first-order valence-electron chi connectivity index (χ1n) is 26.1. The molecule has 13 rings (SSSR count). The Kier molecular flexibility index (Phi) is 9.74. The van der Waals surface area contributed by atoms with Gasteiger partial charge in [-0.05, 0) is 153 Å². The minimum Gasteiger partial charge on any atom is -0.286 e. The molecular formula is C49H82N8. The van der Waals surface area contributed by atoms with Crippen molar-refractivity contribution in [3.8, 4) is 0 Å². The molecule has 0 spiro atoms. The summed E-state index contributed by atoms with van der Waals surface area (Å²) in [6, 6.07) is 0. The van der Waals surface area contributed by atoms with Crippen LogP contribution in [0.2, 0.25) is 0 Å². The van der Waals surface area contributed by atoms with Gasteiger partial charge in [0.25, 0.3) is 0 Å². The number of nitrogens with zero attached hydrogens (tertiary/aromatic N) is 1. The summed E-state index contributed by atoms with van der Waals surface area (Å²) < 4.78 is 0. The summed E-state index contributed by atoms with van der Waals surface area (Å²) in [5.41, 5.74) is 0. The highest BCUT2D eigenvalue weighted by Crippen LogP contribution is 2.56. The van der Waals surface area contributed by atoms with Gasteiger partial charge in [0.15, 0.2) is 0 Å². The number of hydrogen-bond acceptors (Lipinski definition) is 8. The number of hydrogen-bond donors (Lipinski definition) is 7. The van der Waals surface area contributed by atoms with Crippen molar-refractivity contribution in [2.45, 2.75) is 203 Å². The zero-order valence-electron chi connectivity index (χ0n) is 35.8. The summed E-state index contributed by atoms with van der Waals surface area (Å²) in [4.78, 5) is 2.90. The molecule has 24 unspecified atom stereocenters. The van der Waals surface area contributed by atoms with Crippen molar-refractivity contribution in [2.75, 3.05) is 7.05 Å². The maximum absolute atomic E-state index is 4.61. The topological polar surface area (TPSA) is 87.5 Å². The van der Waals surface area contributed by atoms with E-state index in [1.807, 2.05) is 0 Å². The van der Waals surface area contributed by atoms with Crippen molar-refractivity contribution in [3.05, 3.63) is 0 Å². The lowest BCUT2D eigenvalue weighted by molar-refractivity contribution is 0.0496. The van der Waals surface area contributed by atoms with Crippen molar-refractivity contribution in [1.29, 1.82) is 0 Å². The highest BCUT2D eigenvalue weighted by atomic mass is 15.5. The van der Waals surface area contributed by atoms with Gasteiger partial charge >= 0.3 is 0 Å². The second-order valence-electron chi connectivity index (χ2n) is 24.0. The van der Waals surface area contributed by atoms with Gasteiger partial charge in [-0.1, -0.05) is 103 Å². The first kappa shape index (κ1) is 37.3. The Balaban J connectivity index is 0.872. The van der Waals surface area contributed by atoms with E-state index in [9.17, 15) is 0 Å². The summed E-state index contributed by atoms with van der Waals surface area (Å²) in [7, 11) is 2.55. The van der Waals surface area contributed by atoms with Crippen molar-refractivity contribution in [2.24, 2.45) is 94.7 Å². The lowest BCUT2D eigenvalue weighted by Crippen LogP contribution is -2.62. The van der Waals surface area contributed by atoms with Gasteiger partial charge in [-0.25, -0.2) is 0 Å². The number of rotatable bonds is 0. The molecular weight excluding hydrogens is 701 g/mol. The van der Waals surface area contributed by atoms with Gasteiger partial charge in [0.05, 0.1) is 49.3 Å². The average molecular weight is 783 g/mol. The summed E-state index contributed by atoms with van der Waals surface area (Å²) in [5.74, 6) is 13.6. The van der Waals surface area contributed by atoms with Gasteiger partial charge in [-0.2, -0.15) is 0 Å². The normalized spacial score (nSPS) is 59.5. The van der Waals surface area contributed by atoms with E-state index in [1.165, 1.54) is 154 Å². The van der Waals surface area contributed by atoms with Gasteiger partial charge in [0.2, 0.25) is 0 Å². The van der Waals surface area contributed by atoms with E-state index >= 15 is 0 Å². The smallest absolute Gasteiger partial charge is 0.0652 e. The molecule has 0 aromatic carbocycles. The number of fused-ring (bicyclic) bond motifs is 24. The largest absolute Gasteiger partial charge is 0.286 e. The molecule has 8 nitrogen and oxygen atoms in total. The van der Waals surface area contributed by atoms with E-state index in [-0.39, 0.29) is 0 Å². The van der Waals surface area contributed by atoms with E-state index < -0.39 is 0 Å². The van der Waals surface area contributed by atoms with Crippen LogP contribution in [0.3, 0.4) is 0 Å². The van der Waals surface area contributed by atoms with Crippen molar-refractivity contribution < 1.29 is 0 Å². The second kappa shape index (κ2) is 14.9. The van der Waals surface area contributed by atoms with Crippen LogP contribution < -0.4 is 37.2 Å². The molecule has 57 heavy (non-hydrogen) atoms. The molecule has 318 valence electrons. The van der Waals surface area contributed by atoms with Crippen molar-refractivity contribution in [1.82, 2.24) is 42.1 Å². The molecule has 0 aromatic rings. The molecule has 5 aliphatic heterocycles. The third-order valence-electron chi connectivity index (χ3n) is 21.8. The summed E-state index contributed by atoms with van der Waals surface area (Å²) in [6.07, 6.45) is 38.7. The average Bonchev–Trinajstić information content (AvgIpc) is 3.94. The maximum atomic E-state index is 4.61. The highest BCUT2D eigenvalue weighted by Gasteiger charge is 2.59. The van der Waals surface area contributed by atoms with Crippen LogP contribution >= 0.6 is 0 Å². The molecule has 5 heterocycles. The molecule has 8 aliphatic carbocycles. The summed E-state index contributed by atoms with van der Waals surface area (Å²) in [6.45, 7) is 0. The van der Waals surface area contributed by atoms with Crippen LogP contribution in [0, 0.1) is 94.7 Å². The predicted octanol–water partition coefficient (Wildman–Crippen LogP) is 7.05. The van der Waals surface area contributed by atoms with Crippen LogP contribution in [0.5, 0.6) is 0 Å². The van der Waals surface area contributed by atoms with Crippen LogP contribution in [-0.2, 0) is 0 Å². The quantitative estimate of drug-likeness (QED) is 0.141. The highest BCUT2D eigenvalue weighted by molar-refractivity contribution is 5.12.